The molecule has 51 heavy (non-hydrogen) atoms. The second-order valence-corrected chi connectivity index (χ2v) is 13.2. The Hall–Kier alpha value is -5.40. The highest BCUT2D eigenvalue weighted by Crippen LogP contribution is 2.45. The topological polar surface area (TPSA) is 93.7 Å². The second kappa shape index (κ2) is 16.1. The minimum Gasteiger partial charge on any atom is -0.449 e. The standard InChI is InChI=1S/C43H41ClN2O5/c1-29-23-25-32(26-24-29)43(31-14-4-3-5-15-31,38-20-10-11-21-39(38)44)51-41(48)40(46-30(2)47)22-12-13-27-45-42(49)50-28-37-35-18-8-6-16-33(35)34-17-7-9-19-36(34)37/h3-11,14-21,23-26,37,40H,12-13,22,27-28H2,1-2H3,(H,45,49)(H,46,47)/t40-,43?/m0/s1. The number of rotatable bonds is 13. The number of carbonyl (C=O) groups is 3. The molecule has 0 heterocycles. The van der Waals surface area contributed by atoms with Crippen molar-refractivity contribution in [2.45, 2.75) is 50.7 Å². The number of unbranched alkanes of at least 4 members (excludes halogenated alkanes) is 1. The van der Waals surface area contributed by atoms with Crippen LogP contribution in [0.5, 0.6) is 0 Å². The highest BCUT2D eigenvalue weighted by atomic mass is 35.5. The Morgan fingerprint density at radius 2 is 1.33 bits per heavy atom. The summed E-state index contributed by atoms with van der Waals surface area (Å²) < 4.78 is 12.2. The van der Waals surface area contributed by atoms with Crippen molar-refractivity contribution in [2.75, 3.05) is 13.2 Å². The van der Waals surface area contributed by atoms with E-state index in [1.54, 1.807) is 6.07 Å². The smallest absolute Gasteiger partial charge is 0.407 e. The number of hydrogen-bond acceptors (Lipinski definition) is 5. The van der Waals surface area contributed by atoms with Gasteiger partial charge in [0.15, 0.2) is 5.60 Å². The van der Waals surface area contributed by atoms with Gasteiger partial charge in [-0.2, -0.15) is 0 Å². The Labute approximate surface area is 304 Å². The van der Waals surface area contributed by atoms with Gasteiger partial charge in [-0.25, -0.2) is 9.59 Å². The van der Waals surface area contributed by atoms with Gasteiger partial charge < -0.3 is 20.1 Å². The molecule has 0 saturated carbocycles. The monoisotopic (exact) mass is 700 g/mol. The summed E-state index contributed by atoms with van der Waals surface area (Å²) in [6.45, 7) is 3.93. The molecule has 0 saturated heterocycles. The Bertz CT molecular complexity index is 1950. The SMILES string of the molecule is CC(=O)N[C@@H](CCCCNC(=O)OCC1c2ccccc2-c2ccccc21)C(=O)OC(c1ccccc1)(c1ccc(C)cc1)c1ccccc1Cl. The molecule has 8 heteroatoms. The molecule has 2 N–H and O–H groups in total. The zero-order valence-electron chi connectivity index (χ0n) is 28.7. The van der Waals surface area contributed by atoms with Crippen molar-refractivity contribution < 1.29 is 23.9 Å². The molecular weight excluding hydrogens is 660 g/mol. The summed E-state index contributed by atoms with van der Waals surface area (Å²) in [7, 11) is 0. The van der Waals surface area contributed by atoms with Gasteiger partial charge in [0.2, 0.25) is 5.91 Å². The lowest BCUT2D eigenvalue weighted by Gasteiger charge is -2.37. The maximum Gasteiger partial charge on any atom is 0.407 e. The molecule has 5 aromatic rings. The molecule has 0 aromatic heterocycles. The van der Waals surface area contributed by atoms with E-state index in [9.17, 15) is 14.4 Å². The van der Waals surface area contributed by atoms with Gasteiger partial charge in [0, 0.05) is 41.1 Å². The number of ether oxygens (including phenoxy) is 2. The van der Waals surface area contributed by atoms with E-state index in [0.717, 1.165) is 22.3 Å². The summed E-state index contributed by atoms with van der Waals surface area (Å²) >= 11 is 6.83. The van der Waals surface area contributed by atoms with Gasteiger partial charge in [0.25, 0.3) is 0 Å². The first-order valence-corrected chi connectivity index (χ1v) is 17.6. The molecule has 2 atom stereocenters. The van der Waals surface area contributed by atoms with E-state index in [4.69, 9.17) is 21.1 Å². The van der Waals surface area contributed by atoms with Crippen LogP contribution in [-0.2, 0) is 24.7 Å². The van der Waals surface area contributed by atoms with E-state index in [0.29, 0.717) is 42.0 Å². The molecule has 0 fully saturated rings. The van der Waals surface area contributed by atoms with Crippen LogP contribution in [0.3, 0.4) is 0 Å². The number of halogens is 1. The number of carbonyl (C=O) groups excluding carboxylic acids is 3. The van der Waals surface area contributed by atoms with Gasteiger partial charge in [-0.15, -0.1) is 0 Å². The molecule has 0 aliphatic heterocycles. The van der Waals surface area contributed by atoms with Crippen LogP contribution in [0, 0.1) is 6.92 Å². The first kappa shape index (κ1) is 35.4. The summed E-state index contributed by atoms with van der Waals surface area (Å²) in [4.78, 5) is 39.2. The first-order chi connectivity index (χ1) is 24.8. The highest BCUT2D eigenvalue weighted by molar-refractivity contribution is 6.31. The number of nitrogens with one attached hydrogen (secondary N) is 2. The average molecular weight is 701 g/mol. The molecule has 2 amide bonds. The lowest BCUT2D eigenvalue weighted by atomic mass is 9.79. The molecular formula is C43H41ClN2O5. The van der Waals surface area contributed by atoms with Crippen LogP contribution in [0.25, 0.3) is 11.1 Å². The van der Waals surface area contributed by atoms with E-state index < -0.39 is 23.7 Å². The van der Waals surface area contributed by atoms with Gasteiger partial charge in [0.1, 0.15) is 12.6 Å². The van der Waals surface area contributed by atoms with Gasteiger partial charge in [-0.3, -0.25) is 4.79 Å². The number of amides is 2. The maximum absolute atomic E-state index is 14.2. The molecule has 0 bridgehead atoms. The second-order valence-electron chi connectivity index (χ2n) is 12.8. The summed E-state index contributed by atoms with van der Waals surface area (Å²) in [5.41, 5.74) is 6.32. The predicted octanol–water partition coefficient (Wildman–Crippen LogP) is 8.70. The largest absolute Gasteiger partial charge is 0.449 e. The number of fused-ring (bicyclic) bond motifs is 3. The Morgan fingerprint density at radius 1 is 0.745 bits per heavy atom. The number of benzene rings is 5. The van der Waals surface area contributed by atoms with Crippen LogP contribution in [0.4, 0.5) is 4.79 Å². The van der Waals surface area contributed by atoms with Crippen molar-refractivity contribution in [3.63, 3.8) is 0 Å². The summed E-state index contributed by atoms with van der Waals surface area (Å²) in [6, 6.07) is 40.0. The Kier molecular flexibility index (Phi) is 11.2. The minimum absolute atomic E-state index is 0.0266. The van der Waals surface area contributed by atoms with Crippen LogP contribution < -0.4 is 10.6 Å². The lowest BCUT2D eigenvalue weighted by molar-refractivity contribution is -0.157. The number of esters is 1. The normalized spacial score (nSPS) is 13.6. The molecule has 0 spiro atoms. The number of aryl methyl sites for hydroxylation is 1. The summed E-state index contributed by atoms with van der Waals surface area (Å²) in [5, 5.41) is 6.06. The third-order valence-electron chi connectivity index (χ3n) is 9.34. The van der Waals surface area contributed by atoms with Crippen LogP contribution in [-0.4, -0.2) is 37.2 Å². The van der Waals surface area contributed by atoms with E-state index in [1.807, 2.05) is 104 Å². The minimum atomic E-state index is -1.40. The number of hydrogen-bond donors (Lipinski definition) is 2. The quantitative estimate of drug-likeness (QED) is 0.0728. The molecule has 1 unspecified atom stereocenters. The fourth-order valence-electron chi connectivity index (χ4n) is 6.89. The van der Waals surface area contributed by atoms with Crippen molar-refractivity contribution in [1.82, 2.24) is 10.6 Å². The molecule has 1 aliphatic rings. The fraction of sp³-hybridized carbons (Fsp3) is 0.233. The fourth-order valence-corrected chi connectivity index (χ4v) is 7.16. The Balaban J connectivity index is 1.11. The molecule has 1 aliphatic carbocycles. The van der Waals surface area contributed by atoms with E-state index in [2.05, 4.69) is 34.9 Å². The average Bonchev–Trinajstić information content (AvgIpc) is 3.46. The van der Waals surface area contributed by atoms with Gasteiger partial charge in [-0.1, -0.05) is 138 Å². The maximum atomic E-state index is 14.2. The van der Waals surface area contributed by atoms with Crippen LogP contribution in [0.15, 0.2) is 127 Å². The molecule has 260 valence electrons. The van der Waals surface area contributed by atoms with E-state index >= 15 is 0 Å². The van der Waals surface area contributed by atoms with Crippen molar-refractivity contribution in [2.24, 2.45) is 0 Å². The van der Waals surface area contributed by atoms with Gasteiger partial charge in [-0.05, 0) is 54.5 Å². The lowest BCUT2D eigenvalue weighted by Crippen LogP contribution is -2.45. The first-order valence-electron chi connectivity index (χ1n) is 17.2. The zero-order chi connectivity index (χ0) is 35.8. The van der Waals surface area contributed by atoms with Gasteiger partial charge in [0.05, 0.1) is 0 Å². The van der Waals surface area contributed by atoms with Crippen molar-refractivity contribution in [3.8, 4) is 11.1 Å². The summed E-state index contributed by atoms with van der Waals surface area (Å²) in [5.74, 6) is -0.979. The van der Waals surface area contributed by atoms with Gasteiger partial charge >= 0.3 is 12.1 Å². The molecule has 5 aromatic carbocycles. The van der Waals surface area contributed by atoms with Crippen LogP contribution >= 0.6 is 11.6 Å². The van der Waals surface area contributed by atoms with E-state index in [1.165, 1.54) is 18.1 Å². The molecule has 6 rings (SSSR count). The molecule has 0 radical (unpaired) electrons. The highest BCUT2D eigenvalue weighted by Gasteiger charge is 2.43. The van der Waals surface area contributed by atoms with Crippen molar-refractivity contribution in [1.29, 1.82) is 0 Å². The van der Waals surface area contributed by atoms with Crippen molar-refractivity contribution >= 4 is 29.6 Å². The molecule has 7 nitrogen and oxygen atoms in total. The Morgan fingerprint density at radius 3 is 1.98 bits per heavy atom. The van der Waals surface area contributed by atoms with Crippen LogP contribution in [0.2, 0.25) is 5.02 Å². The predicted molar refractivity (Wildman–Crippen MR) is 200 cm³/mol. The van der Waals surface area contributed by atoms with Crippen molar-refractivity contribution in [3.05, 3.63) is 166 Å². The van der Waals surface area contributed by atoms with E-state index in [-0.39, 0.29) is 18.4 Å². The third-order valence-corrected chi connectivity index (χ3v) is 9.67. The third kappa shape index (κ3) is 7.84. The van der Waals surface area contributed by atoms with Crippen LogP contribution in [0.1, 0.15) is 65.5 Å². The number of alkyl carbamates (subject to hydrolysis) is 1. The summed E-state index contributed by atoms with van der Waals surface area (Å²) in [6.07, 6.45) is 0.880. The zero-order valence-corrected chi connectivity index (χ0v) is 29.5.